The van der Waals surface area contributed by atoms with Gasteiger partial charge in [-0.15, -0.1) is 0 Å². The summed E-state index contributed by atoms with van der Waals surface area (Å²) in [6.45, 7) is 3.58. The summed E-state index contributed by atoms with van der Waals surface area (Å²) in [5.41, 5.74) is 1.39. The Balaban J connectivity index is 1.72. The summed E-state index contributed by atoms with van der Waals surface area (Å²) in [6.07, 6.45) is 9.33. The molecule has 3 heteroatoms. The van der Waals surface area contributed by atoms with E-state index in [-0.39, 0.29) is 0 Å². The van der Waals surface area contributed by atoms with Gasteiger partial charge in [-0.2, -0.15) is 0 Å². The van der Waals surface area contributed by atoms with E-state index in [0.29, 0.717) is 11.8 Å². The van der Waals surface area contributed by atoms with Gasteiger partial charge in [-0.05, 0) is 51.1 Å². The van der Waals surface area contributed by atoms with Crippen molar-refractivity contribution in [3.05, 3.63) is 11.8 Å². The molecule has 0 aromatic carbocycles. The Labute approximate surface area is 109 Å². The minimum absolute atomic E-state index is 0.383. The number of carbonyl (C=O) groups is 1. The Bertz CT molecular complexity index is 401. The number of fused-ring (bicyclic) bond motifs is 2. The van der Waals surface area contributed by atoms with Crippen LogP contribution in [0, 0.1) is 11.8 Å². The van der Waals surface area contributed by atoms with Crippen LogP contribution in [0.1, 0.15) is 38.5 Å². The third-order valence-electron chi connectivity index (χ3n) is 5.42. The van der Waals surface area contributed by atoms with Gasteiger partial charge in [0.1, 0.15) is 0 Å². The van der Waals surface area contributed by atoms with E-state index < -0.39 is 0 Å². The van der Waals surface area contributed by atoms with E-state index >= 15 is 0 Å². The molecule has 4 heterocycles. The van der Waals surface area contributed by atoms with Crippen molar-refractivity contribution < 1.29 is 4.79 Å². The Morgan fingerprint density at radius 3 is 2.89 bits per heavy atom. The first-order chi connectivity index (χ1) is 8.84. The second-order valence-electron chi connectivity index (χ2n) is 6.35. The van der Waals surface area contributed by atoms with Crippen LogP contribution in [-0.4, -0.2) is 41.4 Å². The van der Waals surface area contributed by atoms with Gasteiger partial charge in [0.2, 0.25) is 5.91 Å². The normalized spacial score (nSPS) is 40.0. The van der Waals surface area contributed by atoms with Gasteiger partial charge in [-0.25, -0.2) is 0 Å². The summed E-state index contributed by atoms with van der Waals surface area (Å²) < 4.78 is 0. The molecule has 0 aromatic heterocycles. The highest BCUT2D eigenvalue weighted by molar-refractivity contribution is 5.79. The number of carbonyl (C=O) groups excluding carboxylic acids is 1. The van der Waals surface area contributed by atoms with Gasteiger partial charge in [0, 0.05) is 30.6 Å². The van der Waals surface area contributed by atoms with E-state index in [0.717, 1.165) is 31.3 Å². The summed E-state index contributed by atoms with van der Waals surface area (Å²) in [7, 11) is 0. The lowest BCUT2D eigenvalue weighted by atomic mass is 9.71. The first-order valence-electron chi connectivity index (χ1n) is 7.59. The predicted octanol–water partition coefficient (Wildman–Crippen LogP) is 2.00. The molecule has 0 unspecified atom stereocenters. The van der Waals surface area contributed by atoms with Crippen LogP contribution in [0.25, 0.3) is 0 Å². The summed E-state index contributed by atoms with van der Waals surface area (Å²) in [4.78, 5) is 17.0. The number of hydrogen-bond acceptors (Lipinski definition) is 2. The number of amides is 1. The van der Waals surface area contributed by atoms with E-state index in [1.807, 2.05) is 0 Å². The van der Waals surface area contributed by atoms with Gasteiger partial charge in [-0.1, -0.05) is 6.08 Å². The first kappa shape index (κ1) is 11.0. The smallest absolute Gasteiger partial charge is 0.227 e. The molecule has 3 nitrogen and oxygen atoms in total. The fourth-order valence-electron chi connectivity index (χ4n) is 4.75. The van der Waals surface area contributed by atoms with Crippen LogP contribution in [0.15, 0.2) is 11.8 Å². The molecule has 0 spiro atoms. The van der Waals surface area contributed by atoms with Crippen LogP contribution in [-0.2, 0) is 4.79 Å². The lowest BCUT2D eigenvalue weighted by Gasteiger charge is -2.55. The fraction of sp³-hybridized carbons (Fsp3) is 0.800. The van der Waals surface area contributed by atoms with E-state index in [1.165, 1.54) is 44.5 Å². The lowest BCUT2D eigenvalue weighted by Crippen LogP contribution is -2.61. The van der Waals surface area contributed by atoms with E-state index in [9.17, 15) is 4.79 Å². The van der Waals surface area contributed by atoms with Crippen molar-refractivity contribution in [3.63, 3.8) is 0 Å². The highest BCUT2D eigenvalue weighted by Crippen LogP contribution is 2.44. The number of hydrogen-bond donors (Lipinski definition) is 0. The van der Waals surface area contributed by atoms with Crippen molar-refractivity contribution in [1.29, 1.82) is 0 Å². The Hall–Kier alpha value is -0.830. The molecule has 98 valence electrons. The third kappa shape index (κ3) is 1.49. The van der Waals surface area contributed by atoms with E-state index in [4.69, 9.17) is 0 Å². The van der Waals surface area contributed by atoms with Crippen molar-refractivity contribution in [3.8, 4) is 0 Å². The molecule has 4 aliphatic heterocycles. The fourth-order valence-corrected chi connectivity index (χ4v) is 4.75. The average molecular weight is 246 g/mol. The zero-order chi connectivity index (χ0) is 12.1. The average Bonchev–Trinajstić information content (AvgIpc) is 2.41. The van der Waals surface area contributed by atoms with Crippen LogP contribution in [0.4, 0.5) is 0 Å². The molecule has 0 aliphatic carbocycles. The maximum absolute atomic E-state index is 12.1. The van der Waals surface area contributed by atoms with Crippen LogP contribution in [0.5, 0.6) is 0 Å². The molecular formula is C15H22N2O. The molecule has 1 amide bonds. The van der Waals surface area contributed by atoms with Gasteiger partial charge in [-0.3, -0.25) is 9.69 Å². The molecule has 0 bridgehead atoms. The highest BCUT2D eigenvalue weighted by atomic mass is 16.2. The van der Waals surface area contributed by atoms with Crippen LogP contribution in [0.2, 0.25) is 0 Å². The van der Waals surface area contributed by atoms with E-state index in [2.05, 4.69) is 15.9 Å². The predicted molar refractivity (Wildman–Crippen MR) is 69.8 cm³/mol. The number of rotatable bonds is 0. The monoisotopic (exact) mass is 246 g/mol. The van der Waals surface area contributed by atoms with E-state index in [1.54, 1.807) is 0 Å². The number of allylic oxidation sites excluding steroid dienone is 1. The van der Waals surface area contributed by atoms with Crippen LogP contribution in [0.3, 0.4) is 0 Å². The number of piperidine rings is 3. The van der Waals surface area contributed by atoms with Gasteiger partial charge >= 0.3 is 0 Å². The zero-order valence-electron chi connectivity index (χ0n) is 11.0. The van der Waals surface area contributed by atoms with Crippen molar-refractivity contribution >= 4 is 5.91 Å². The van der Waals surface area contributed by atoms with Crippen molar-refractivity contribution in [2.75, 3.05) is 19.6 Å². The van der Waals surface area contributed by atoms with Crippen LogP contribution < -0.4 is 0 Å². The lowest BCUT2D eigenvalue weighted by molar-refractivity contribution is -0.135. The maximum atomic E-state index is 12.1. The summed E-state index contributed by atoms with van der Waals surface area (Å²) in [5.74, 6) is 1.78. The molecule has 0 aromatic rings. The molecule has 18 heavy (non-hydrogen) atoms. The molecule has 0 radical (unpaired) electrons. The first-order valence-corrected chi connectivity index (χ1v) is 7.59. The minimum atomic E-state index is 0.383. The SMILES string of the molecule is O=C1CCC=C2[C@H]3CCCN4CCC[C@@H](CN12)[C@H]34. The summed E-state index contributed by atoms with van der Waals surface area (Å²) in [6, 6.07) is 0.751. The molecule has 0 saturated carbocycles. The largest absolute Gasteiger partial charge is 0.316 e. The van der Waals surface area contributed by atoms with Crippen molar-refractivity contribution in [2.45, 2.75) is 44.6 Å². The van der Waals surface area contributed by atoms with Crippen molar-refractivity contribution in [1.82, 2.24) is 9.80 Å². The highest BCUT2D eigenvalue weighted by Gasteiger charge is 2.47. The Kier molecular flexibility index (Phi) is 2.51. The Morgan fingerprint density at radius 1 is 1.17 bits per heavy atom. The molecule has 3 fully saturated rings. The van der Waals surface area contributed by atoms with Crippen LogP contribution >= 0.6 is 0 Å². The molecule has 0 N–H and O–H groups in total. The second kappa shape index (κ2) is 4.09. The summed E-state index contributed by atoms with van der Waals surface area (Å²) >= 11 is 0. The molecular weight excluding hydrogens is 224 g/mol. The summed E-state index contributed by atoms with van der Waals surface area (Å²) in [5, 5.41) is 0. The zero-order valence-corrected chi connectivity index (χ0v) is 11.0. The van der Waals surface area contributed by atoms with Crippen molar-refractivity contribution in [2.24, 2.45) is 11.8 Å². The standard InChI is InChI=1S/C15H22N2O/c18-14-7-1-6-13-12-5-3-9-16-8-2-4-11(15(12)16)10-17(13)14/h6,11-12,15H,1-5,7-10H2/t11-,12+,15+/m0/s1. The molecule has 3 atom stereocenters. The minimum Gasteiger partial charge on any atom is -0.316 e. The quantitative estimate of drug-likeness (QED) is 0.652. The number of nitrogens with zero attached hydrogens (tertiary/aromatic N) is 2. The molecule has 4 aliphatic rings. The van der Waals surface area contributed by atoms with Gasteiger partial charge < -0.3 is 4.90 Å². The second-order valence-corrected chi connectivity index (χ2v) is 6.35. The van der Waals surface area contributed by atoms with Gasteiger partial charge in [0.25, 0.3) is 0 Å². The van der Waals surface area contributed by atoms with Gasteiger partial charge in [0.05, 0.1) is 0 Å². The van der Waals surface area contributed by atoms with Gasteiger partial charge in [0.15, 0.2) is 0 Å². The topological polar surface area (TPSA) is 23.6 Å². The molecule has 3 saturated heterocycles. The third-order valence-corrected chi connectivity index (χ3v) is 5.42. The molecule has 4 rings (SSSR count). The maximum Gasteiger partial charge on any atom is 0.227 e. The Morgan fingerprint density at radius 2 is 2.00 bits per heavy atom.